The Labute approximate surface area is 132 Å². The molecule has 124 valence electrons. The first-order valence-electron chi connectivity index (χ1n) is 6.38. The van der Waals surface area contributed by atoms with E-state index in [0.717, 1.165) is 33.5 Å². The van der Waals surface area contributed by atoms with Crippen molar-refractivity contribution >= 4 is 23.6 Å². The standard InChI is InChI=1S/C15H16FNO6/c1-8-10(6-5-9(16)13(8)15(20)23-4)17-11(14(19)22-3)7-12(18)21-2/h5-7,17H,1-4H3/b11-7+. The van der Waals surface area contributed by atoms with Crippen molar-refractivity contribution in [2.75, 3.05) is 26.6 Å². The first-order chi connectivity index (χ1) is 10.8. The molecule has 0 fully saturated rings. The molecule has 0 aliphatic carbocycles. The van der Waals surface area contributed by atoms with Gasteiger partial charge in [-0.3, -0.25) is 0 Å². The molecule has 0 amide bonds. The van der Waals surface area contributed by atoms with Gasteiger partial charge in [0.25, 0.3) is 0 Å². The van der Waals surface area contributed by atoms with E-state index >= 15 is 0 Å². The molecule has 0 spiro atoms. The van der Waals surface area contributed by atoms with Crippen LogP contribution in [0.1, 0.15) is 15.9 Å². The smallest absolute Gasteiger partial charge is 0.354 e. The lowest BCUT2D eigenvalue weighted by molar-refractivity contribution is -0.138. The number of hydrogen-bond acceptors (Lipinski definition) is 7. The summed E-state index contributed by atoms with van der Waals surface area (Å²) in [5, 5.41) is 2.62. The van der Waals surface area contributed by atoms with E-state index in [-0.39, 0.29) is 22.5 Å². The summed E-state index contributed by atoms with van der Waals surface area (Å²) in [5.41, 5.74) is -0.0754. The lowest BCUT2D eigenvalue weighted by Gasteiger charge is -2.14. The van der Waals surface area contributed by atoms with E-state index in [2.05, 4.69) is 19.5 Å². The zero-order valence-corrected chi connectivity index (χ0v) is 13.1. The Morgan fingerprint density at radius 3 is 2.26 bits per heavy atom. The average molecular weight is 325 g/mol. The maximum absolute atomic E-state index is 13.8. The van der Waals surface area contributed by atoms with Crippen LogP contribution in [0.15, 0.2) is 23.9 Å². The fraction of sp³-hybridized carbons (Fsp3) is 0.267. The van der Waals surface area contributed by atoms with Crippen LogP contribution >= 0.6 is 0 Å². The van der Waals surface area contributed by atoms with Crippen molar-refractivity contribution in [1.29, 1.82) is 0 Å². The fourth-order valence-electron chi connectivity index (χ4n) is 1.74. The van der Waals surface area contributed by atoms with Gasteiger partial charge >= 0.3 is 17.9 Å². The lowest BCUT2D eigenvalue weighted by atomic mass is 10.1. The van der Waals surface area contributed by atoms with Crippen LogP contribution in [0.4, 0.5) is 10.1 Å². The summed E-state index contributed by atoms with van der Waals surface area (Å²) >= 11 is 0. The Hall–Kier alpha value is -2.90. The third-order valence-electron chi connectivity index (χ3n) is 2.94. The third kappa shape index (κ3) is 4.29. The van der Waals surface area contributed by atoms with Crippen molar-refractivity contribution in [1.82, 2.24) is 0 Å². The Morgan fingerprint density at radius 1 is 1.09 bits per heavy atom. The van der Waals surface area contributed by atoms with Gasteiger partial charge in [-0.2, -0.15) is 0 Å². The van der Waals surface area contributed by atoms with Crippen molar-refractivity contribution in [3.8, 4) is 0 Å². The van der Waals surface area contributed by atoms with Crippen molar-refractivity contribution in [2.24, 2.45) is 0 Å². The van der Waals surface area contributed by atoms with Gasteiger partial charge in [0.2, 0.25) is 0 Å². The highest BCUT2D eigenvalue weighted by atomic mass is 19.1. The molecular formula is C15H16FNO6. The molecule has 0 radical (unpaired) electrons. The van der Waals surface area contributed by atoms with E-state index < -0.39 is 23.7 Å². The number of carbonyl (C=O) groups excluding carboxylic acids is 3. The van der Waals surface area contributed by atoms with Gasteiger partial charge in [-0.1, -0.05) is 0 Å². The minimum absolute atomic E-state index is 0.205. The predicted molar refractivity (Wildman–Crippen MR) is 78.2 cm³/mol. The number of carbonyl (C=O) groups is 3. The Bertz CT molecular complexity index is 668. The fourth-order valence-corrected chi connectivity index (χ4v) is 1.74. The summed E-state index contributed by atoms with van der Waals surface area (Å²) < 4.78 is 27.3. The second-order valence-electron chi connectivity index (χ2n) is 4.28. The van der Waals surface area contributed by atoms with Crippen molar-refractivity contribution in [3.05, 3.63) is 40.8 Å². The molecule has 0 saturated carbocycles. The maximum Gasteiger partial charge on any atom is 0.354 e. The van der Waals surface area contributed by atoms with Crippen molar-refractivity contribution in [2.45, 2.75) is 6.92 Å². The van der Waals surface area contributed by atoms with Crippen molar-refractivity contribution in [3.63, 3.8) is 0 Å². The number of methoxy groups -OCH3 is 3. The number of halogens is 1. The highest BCUT2D eigenvalue weighted by molar-refractivity contribution is 5.99. The molecule has 0 aromatic heterocycles. The van der Waals surface area contributed by atoms with Gasteiger partial charge in [-0.15, -0.1) is 0 Å². The molecule has 1 N–H and O–H groups in total. The van der Waals surface area contributed by atoms with Crippen LogP contribution in [-0.2, 0) is 23.8 Å². The van der Waals surface area contributed by atoms with Gasteiger partial charge in [-0.25, -0.2) is 18.8 Å². The van der Waals surface area contributed by atoms with E-state index in [0.29, 0.717) is 0 Å². The van der Waals surface area contributed by atoms with Crippen LogP contribution in [0.25, 0.3) is 0 Å². The second kappa shape index (κ2) is 7.92. The second-order valence-corrected chi connectivity index (χ2v) is 4.28. The summed E-state index contributed by atoms with van der Waals surface area (Å²) in [4.78, 5) is 34.6. The molecule has 7 nitrogen and oxygen atoms in total. The minimum atomic E-state index is -0.861. The summed E-state index contributed by atoms with van der Waals surface area (Å²) in [7, 11) is 3.40. The number of anilines is 1. The van der Waals surface area contributed by atoms with Gasteiger partial charge in [0, 0.05) is 5.69 Å². The monoisotopic (exact) mass is 325 g/mol. The van der Waals surface area contributed by atoms with Gasteiger partial charge < -0.3 is 19.5 Å². The maximum atomic E-state index is 13.8. The largest absolute Gasteiger partial charge is 0.466 e. The van der Waals surface area contributed by atoms with Crippen LogP contribution in [-0.4, -0.2) is 39.2 Å². The molecule has 0 atom stereocenters. The summed E-state index contributed by atoms with van der Waals surface area (Å²) in [6.07, 6.45) is 0.881. The minimum Gasteiger partial charge on any atom is -0.466 e. The number of hydrogen-bond donors (Lipinski definition) is 1. The topological polar surface area (TPSA) is 90.9 Å². The number of ether oxygens (including phenoxy) is 3. The Morgan fingerprint density at radius 2 is 1.74 bits per heavy atom. The summed E-state index contributed by atoms with van der Waals surface area (Å²) in [5.74, 6) is -3.25. The van der Waals surface area contributed by atoms with Gasteiger partial charge in [0.15, 0.2) is 0 Å². The molecule has 0 bridgehead atoms. The molecule has 0 aliphatic rings. The quantitative estimate of drug-likeness (QED) is 0.499. The highest BCUT2D eigenvalue weighted by Gasteiger charge is 2.20. The molecular weight excluding hydrogens is 309 g/mol. The van der Waals surface area contributed by atoms with Crippen LogP contribution in [0.2, 0.25) is 0 Å². The molecule has 23 heavy (non-hydrogen) atoms. The highest BCUT2D eigenvalue weighted by Crippen LogP contribution is 2.24. The molecule has 0 heterocycles. The van der Waals surface area contributed by atoms with Crippen LogP contribution in [0, 0.1) is 12.7 Å². The zero-order chi connectivity index (χ0) is 17.6. The van der Waals surface area contributed by atoms with Crippen LogP contribution < -0.4 is 5.32 Å². The zero-order valence-electron chi connectivity index (χ0n) is 13.1. The van der Waals surface area contributed by atoms with Crippen LogP contribution in [0.5, 0.6) is 0 Å². The first kappa shape index (κ1) is 18.1. The average Bonchev–Trinajstić information content (AvgIpc) is 2.55. The Kier molecular flexibility index (Phi) is 6.25. The molecule has 1 rings (SSSR count). The van der Waals surface area contributed by atoms with E-state index in [1.54, 1.807) is 0 Å². The van der Waals surface area contributed by atoms with Crippen LogP contribution in [0.3, 0.4) is 0 Å². The number of nitrogens with one attached hydrogen (secondary N) is 1. The van der Waals surface area contributed by atoms with E-state index in [1.807, 2.05) is 0 Å². The number of esters is 3. The van der Waals surface area contributed by atoms with Gasteiger partial charge in [0.05, 0.1) is 27.4 Å². The normalized spacial score (nSPS) is 10.7. The Balaban J connectivity index is 3.30. The van der Waals surface area contributed by atoms with E-state index in [4.69, 9.17) is 0 Å². The lowest BCUT2D eigenvalue weighted by Crippen LogP contribution is -2.17. The molecule has 1 aromatic carbocycles. The molecule has 0 aliphatic heterocycles. The molecule has 8 heteroatoms. The van der Waals surface area contributed by atoms with Gasteiger partial charge in [0.1, 0.15) is 17.1 Å². The van der Waals surface area contributed by atoms with Gasteiger partial charge in [-0.05, 0) is 24.6 Å². The number of rotatable bonds is 5. The van der Waals surface area contributed by atoms with Crippen molar-refractivity contribution < 1.29 is 33.0 Å². The molecule has 1 aromatic rings. The van der Waals surface area contributed by atoms with E-state index in [1.165, 1.54) is 13.0 Å². The molecule has 0 saturated heterocycles. The summed E-state index contributed by atoms with van der Waals surface area (Å²) in [6.45, 7) is 1.46. The SMILES string of the molecule is COC(=O)/C=C(/Nc1ccc(F)c(C(=O)OC)c1C)C(=O)OC. The molecule has 0 unspecified atom stereocenters. The first-order valence-corrected chi connectivity index (χ1v) is 6.38. The van der Waals surface area contributed by atoms with E-state index in [9.17, 15) is 18.8 Å². The number of benzene rings is 1. The summed E-state index contributed by atoms with van der Waals surface area (Å²) in [6, 6.07) is 2.35. The predicted octanol–water partition coefficient (Wildman–Crippen LogP) is 1.56. The third-order valence-corrected chi connectivity index (χ3v) is 2.94.